The second kappa shape index (κ2) is 10.0. The molecule has 0 aliphatic heterocycles. The maximum absolute atomic E-state index is 5.82. The second-order valence-electron chi connectivity index (χ2n) is 10.3. The van der Waals surface area contributed by atoms with Crippen molar-refractivity contribution in [1.29, 1.82) is 0 Å². The molecule has 0 aliphatic carbocycles. The lowest BCUT2D eigenvalue weighted by atomic mass is 9.96. The van der Waals surface area contributed by atoms with Crippen molar-refractivity contribution in [1.82, 2.24) is 10.1 Å². The molecule has 0 aliphatic rings. The maximum Gasteiger partial charge on any atom is 0.168 e. The highest BCUT2D eigenvalue weighted by Crippen LogP contribution is 2.41. The summed E-state index contributed by atoms with van der Waals surface area (Å²) in [6.07, 6.45) is 1.79. The van der Waals surface area contributed by atoms with Gasteiger partial charge in [0.05, 0.1) is 11.1 Å². The first kappa shape index (κ1) is 24.1. The van der Waals surface area contributed by atoms with Crippen LogP contribution in [0.25, 0.3) is 55.0 Å². The zero-order chi connectivity index (χ0) is 27.9. The zero-order valence-electron chi connectivity index (χ0n) is 22.7. The van der Waals surface area contributed by atoms with Crippen LogP contribution in [-0.4, -0.2) is 10.1 Å². The third-order valence-electron chi connectivity index (χ3n) is 7.83. The Bertz CT molecular complexity index is 2170. The second-order valence-corrected chi connectivity index (χ2v) is 10.3. The molecule has 2 aromatic heterocycles. The summed E-state index contributed by atoms with van der Waals surface area (Å²) >= 11 is 0. The number of rotatable bonds is 5. The van der Waals surface area contributed by atoms with Crippen LogP contribution in [0.4, 0.5) is 17.1 Å². The Labute approximate surface area is 243 Å². The van der Waals surface area contributed by atoms with Gasteiger partial charge in [0.25, 0.3) is 0 Å². The van der Waals surface area contributed by atoms with Gasteiger partial charge in [0.1, 0.15) is 5.69 Å². The first-order valence-electron chi connectivity index (χ1n) is 14.0. The van der Waals surface area contributed by atoms with Crippen LogP contribution in [0.1, 0.15) is 0 Å². The Morgan fingerprint density at radius 2 is 1.14 bits per heavy atom. The van der Waals surface area contributed by atoms with Crippen LogP contribution in [0.3, 0.4) is 0 Å². The Hall–Kier alpha value is -5.74. The molecule has 4 nitrogen and oxygen atoms in total. The van der Waals surface area contributed by atoms with Crippen molar-refractivity contribution >= 4 is 49.6 Å². The van der Waals surface area contributed by atoms with Crippen LogP contribution in [0.2, 0.25) is 0 Å². The van der Waals surface area contributed by atoms with Gasteiger partial charge in [-0.3, -0.25) is 4.98 Å². The average molecular weight is 540 g/mol. The molecule has 0 bridgehead atoms. The van der Waals surface area contributed by atoms with Gasteiger partial charge in [0.15, 0.2) is 5.58 Å². The van der Waals surface area contributed by atoms with Crippen molar-refractivity contribution in [2.45, 2.75) is 0 Å². The lowest BCUT2D eigenvalue weighted by Gasteiger charge is -2.26. The van der Waals surface area contributed by atoms with Crippen LogP contribution in [0.15, 0.2) is 156 Å². The van der Waals surface area contributed by atoms with E-state index < -0.39 is 0 Å². The number of para-hydroxylation sites is 1. The van der Waals surface area contributed by atoms with E-state index in [0.29, 0.717) is 0 Å². The summed E-state index contributed by atoms with van der Waals surface area (Å²) in [7, 11) is 0. The Morgan fingerprint density at radius 1 is 0.500 bits per heavy atom. The third kappa shape index (κ3) is 4.09. The molecule has 198 valence electrons. The molecule has 0 fully saturated rings. The number of aromatic nitrogens is 2. The van der Waals surface area contributed by atoms with Gasteiger partial charge in [-0.15, -0.1) is 0 Å². The SMILES string of the molecule is c1ccc(-c2ccc(N(c3ccccc3)c3ccc4ccc5ccc6onc(-c7ccccn7)c6c5c4c3)cc2)cc1. The normalized spacial score (nSPS) is 11.3. The molecule has 2 heterocycles. The number of pyridine rings is 1. The number of anilines is 3. The van der Waals surface area contributed by atoms with Crippen molar-refractivity contribution in [3.63, 3.8) is 0 Å². The van der Waals surface area contributed by atoms with Crippen molar-refractivity contribution in [3.8, 4) is 22.5 Å². The van der Waals surface area contributed by atoms with E-state index in [1.165, 1.54) is 11.1 Å². The number of nitrogens with zero attached hydrogens (tertiary/aromatic N) is 3. The van der Waals surface area contributed by atoms with Crippen LogP contribution in [0.5, 0.6) is 0 Å². The van der Waals surface area contributed by atoms with E-state index in [0.717, 1.165) is 61.0 Å². The largest absolute Gasteiger partial charge is 0.356 e. The Balaban J connectivity index is 1.35. The molecule has 42 heavy (non-hydrogen) atoms. The van der Waals surface area contributed by atoms with Crippen LogP contribution < -0.4 is 4.90 Å². The van der Waals surface area contributed by atoms with Gasteiger partial charge in [0, 0.05) is 28.6 Å². The summed E-state index contributed by atoms with van der Waals surface area (Å²) in [6.45, 7) is 0. The quantitative estimate of drug-likeness (QED) is 0.204. The molecule has 8 aromatic rings. The third-order valence-corrected chi connectivity index (χ3v) is 7.83. The fraction of sp³-hybridized carbons (Fsp3) is 0. The number of hydrogen-bond donors (Lipinski definition) is 0. The van der Waals surface area contributed by atoms with E-state index in [4.69, 9.17) is 4.52 Å². The molecule has 0 atom stereocenters. The van der Waals surface area contributed by atoms with Crippen molar-refractivity contribution in [2.75, 3.05) is 4.90 Å². The summed E-state index contributed by atoms with van der Waals surface area (Å²) < 4.78 is 5.82. The van der Waals surface area contributed by atoms with Gasteiger partial charge >= 0.3 is 0 Å². The van der Waals surface area contributed by atoms with Crippen LogP contribution >= 0.6 is 0 Å². The van der Waals surface area contributed by atoms with E-state index in [9.17, 15) is 0 Å². The summed E-state index contributed by atoms with van der Waals surface area (Å²) in [5, 5.41) is 9.97. The minimum Gasteiger partial charge on any atom is -0.356 e. The van der Waals surface area contributed by atoms with Crippen molar-refractivity contribution in [3.05, 3.63) is 152 Å². The summed E-state index contributed by atoms with van der Waals surface area (Å²) in [5.41, 5.74) is 7.94. The summed E-state index contributed by atoms with van der Waals surface area (Å²) in [4.78, 5) is 6.89. The molecule has 0 saturated carbocycles. The van der Waals surface area contributed by atoms with E-state index in [1.807, 2.05) is 30.3 Å². The van der Waals surface area contributed by atoms with Gasteiger partial charge in [-0.25, -0.2) is 0 Å². The zero-order valence-corrected chi connectivity index (χ0v) is 22.7. The highest BCUT2D eigenvalue weighted by atomic mass is 16.5. The Kier molecular flexibility index (Phi) is 5.75. The fourth-order valence-electron chi connectivity index (χ4n) is 5.84. The highest BCUT2D eigenvalue weighted by molar-refractivity contribution is 6.23. The topological polar surface area (TPSA) is 42.2 Å². The van der Waals surface area contributed by atoms with Crippen LogP contribution in [-0.2, 0) is 0 Å². The number of fused-ring (bicyclic) bond motifs is 5. The molecular weight excluding hydrogens is 514 g/mol. The monoisotopic (exact) mass is 539 g/mol. The molecule has 0 saturated heterocycles. The first-order valence-corrected chi connectivity index (χ1v) is 14.0. The minimum atomic E-state index is 0.748. The lowest BCUT2D eigenvalue weighted by Crippen LogP contribution is -2.09. The lowest BCUT2D eigenvalue weighted by molar-refractivity contribution is 0.459. The molecule has 0 amide bonds. The minimum absolute atomic E-state index is 0.748. The molecular formula is C38H25N3O. The van der Waals surface area contributed by atoms with Gasteiger partial charge < -0.3 is 9.42 Å². The van der Waals surface area contributed by atoms with Crippen molar-refractivity contribution < 1.29 is 4.52 Å². The van der Waals surface area contributed by atoms with Gasteiger partial charge in [-0.1, -0.05) is 96.2 Å². The van der Waals surface area contributed by atoms with E-state index >= 15 is 0 Å². The summed E-state index contributed by atoms with van der Waals surface area (Å²) in [6, 6.07) is 50.8. The molecule has 0 N–H and O–H groups in total. The smallest absolute Gasteiger partial charge is 0.168 e. The predicted octanol–water partition coefficient (Wildman–Crippen LogP) is 10.3. The number of benzene rings is 6. The molecule has 0 spiro atoms. The van der Waals surface area contributed by atoms with Crippen molar-refractivity contribution in [2.24, 2.45) is 0 Å². The molecule has 4 heteroatoms. The maximum atomic E-state index is 5.82. The highest BCUT2D eigenvalue weighted by Gasteiger charge is 2.18. The number of hydrogen-bond acceptors (Lipinski definition) is 4. The summed E-state index contributed by atoms with van der Waals surface area (Å²) in [5.74, 6) is 0. The van der Waals surface area contributed by atoms with E-state index in [2.05, 4.69) is 130 Å². The fourth-order valence-corrected chi connectivity index (χ4v) is 5.84. The van der Waals surface area contributed by atoms with Gasteiger partial charge in [0.2, 0.25) is 0 Å². The molecule has 6 aromatic carbocycles. The van der Waals surface area contributed by atoms with Crippen LogP contribution in [0, 0.1) is 0 Å². The van der Waals surface area contributed by atoms with Gasteiger partial charge in [-0.2, -0.15) is 0 Å². The standard InChI is InChI=1S/C38H25N3O/c1-3-9-26(10-4-1)27-16-20-31(21-17-27)41(30-11-5-2-6-12-30)32-22-18-28-14-15-29-19-23-35-37(36(29)33(28)25-32)38(40-42-35)34-13-7-8-24-39-34/h1-25H. The molecule has 0 radical (unpaired) electrons. The molecule has 0 unspecified atom stereocenters. The molecule has 8 rings (SSSR count). The van der Waals surface area contributed by atoms with E-state index in [-0.39, 0.29) is 0 Å². The average Bonchev–Trinajstić information content (AvgIpc) is 3.51. The van der Waals surface area contributed by atoms with Gasteiger partial charge in [-0.05, 0) is 81.9 Å². The Morgan fingerprint density at radius 3 is 1.93 bits per heavy atom. The first-order chi connectivity index (χ1) is 20.8. The van der Waals surface area contributed by atoms with E-state index in [1.54, 1.807) is 6.20 Å². The predicted molar refractivity (Wildman–Crippen MR) is 172 cm³/mol.